The lowest BCUT2D eigenvalue weighted by molar-refractivity contribution is 0.0956. The van der Waals surface area contributed by atoms with Crippen molar-refractivity contribution in [2.75, 3.05) is 17.6 Å². The van der Waals surface area contributed by atoms with Gasteiger partial charge in [0.15, 0.2) is 0 Å². The maximum Gasteiger partial charge on any atom is 0.251 e. The lowest BCUT2D eigenvalue weighted by Crippen LogP contribution is -2.25. The van der Waals surface area contributed by atoms with Crippen LogP contribution in [0.25, 0.3) is 0 Å². The molecule has 1 fully saturated rings. The second kappa shape index (κ2) is 6.14. The van der Waals surface area contributed by atoms with Crippen LogP contribution in [0.2, 0.25) is 0 Å². The highest BCUT2D eigenvalue weighted by Crippen LogP contribution is 2.28. The Labute approximate surface area is 113 Å². The molecule has 1 aliphatic rings. The molecule has 3 nitrogen and oxygen atoms in total. The fourth-order valence-corrected chi connectivity index (χ4v) is 3.35. The smallest absolute Gasteiger partial charge is 0.251 e. The molecule has 1 saturated heterocycles. The fraction of sp³-hybridized carbons (Fsp3) is 0.500. The number of carbonyl (C=O) groups excluding carboxylic acids is 1. The molecule has 0 spiro atoms. The first-order chi connectivity index (χ1) is 8.70. The van der Waals surface area contributed by atoms with E-state index in [0.717, 1.165) is 11.3 Å². The van der Waals surface area contributed by atoms with Crippen LogP contribution in [0.1, 0.15) is 30.6 Å². The predicted molar refractivity (Wildman–Crippen MR) is 78.4 cm³/mol. The van der Waals surface area contributed by atoms with Crippen molar-refractivity contribution in [2.45, 2.75) is 31.6 Å². The Morgan fingerprint density at radius 2 is 2.33 bits per heavy atom. The van der Waals surface area contributed by atoms with Crippen molar-refractivity contribution in [1.29, 1.82) is 0 Å². The predicted octanol–water partition coefficient (Wildman–Crippen LogP) is 2.74. The number of anilines is 1. The van der Waals surface area contributed by atoms with Gasteiger partial charge in [0.05, 0.1) is 0 Å². The molecule has 2 rings (SSSR count). The van der Waals surface area contributed by atoms with E-state index in [1.165, 1.54) is 12.2 Å². The molecule has 1 amide bonds. The third kappa shape index (κ3) is 3.19. The zero-order chi connectivity index (χ0) is 13.0. The summed E-state index contributed by atoms with van der Waals surface area (Å²) in [7, 11) is 0. The van der Waals surface area contributed by atoms with Crippen LogP contribution in [-0.2, 0) is 0 Å². The van der Waals surface area contributed by atoms with E-state index in [-0.39, 0.29) is 5.91 Å². The average molecular weight is 264 g/mol. The summed E-state index contributed by atoms with van der Waals surface area (Å²) in [5.41, 5.74) is 1.76. The van der Waals surface area contributed by atoms with Gasteiger partial charge in [-0.15, -0.1) is 0 Å². The number of amides is 1. The Kier molecular flexibility index (Phi) is 4.53. The lowest BCUT2D eigenvalue weighted by Gasteiger charge is -2.18. The fourth-order valence-electron chi connectivity index (χ4n) is 2.15. The molecular formula is C14H20N2OS. The maximum atomic E-state index is 11.8. The molecule has 2 atom stereocenters. The number of hydrogen-bond donors (Lipinski definition) is 2. The topological polar surface area (TPSA) is 41.1 Å². The average Bonchev–Trinajstić information content (AvgIpc) is 2.76. The van der Waals surface area contributed by atoms with Crippen molar-refractivity contribution in [3.63, 3.8) is 0 Å². The standard InChI is InChI=1S/C14H20N2OS/c1-3-15-14(17)11-5-4-6-12(9-11)16-13-7-8-18-10(13)2/h4-6,9-10,13,16H,3,7-8H2,1-2H3,(H,15,17). The number of nitrogens with one attached hydrogen (secondary N) is 2. The van der Waals surface area contributed by atoms with Crippen molar-refractivity contribution in [2.24, 2.45) is 0 Å². The van der Waals surface area contributed by atoms with Gasteiger partial charge in [0.25, 0.3) is 5.91 Å². The molecule has 0 aliphatic carbocycles. The van der Waals surface area contributed by atoms with E-state index in [1.54, 1.807) is 0 Å². The van der Waals surface area contributed by atoms with Crippen molar-refractivity contribution < 1.29 is 4.79 Å². The lowest BCUT2D eigenvalue weighted by atomic mass is 10.1. The van der Waals surface area contributed by atoms with Crippen molar-refractivity contribution in [3.05, 3.63) is 29.8 Å². The van der Waals surface area contributed by atoms with Gasteiger partial charge in [-0.05, 0) is 37.3 Å². The molecule has 2 unspecified atom stereocenters. The summed E-state index contributed by atoms with van der Waals surface area (Å²) in [5, 5.41) is 6.98. The minimum absolute atomic E-state index is 0.00463. The van der Waals surface area contributed by atoms with Crippen molar-refractivity contribution >= 4 is 23.4 Å². The minimum Gasteiger partial charge on any atom is -0.381 e. The van der Waals surface area contributed by atoms with Crippen LogP contribution in [0.4, 0.5) is 5.69 Å². The van der Waals surface area contributed by atoms with Crippen molar-refractivity contribution in [3.8, 4) is 0 Å². The van der Waals surface area contributed by atoms with Gasteiger partial charge in [0, 0.05) is 29.1 Å². The van der Waals surface area contributed by atoms with Crippen LogP contribution >= 0.6 is 11.8 Å². The number of benzene rings is 1. The van der Waals surface area contributed by atoms with Gasteiger partial charge in [-0.1, -0.05) is 13.0 Å². The molecular weight excluding hydrogens is 244 g/mol. The number of rotatable bonds is 4. The summed E-state index contributed by atoms with van der Waals surface area (Å²) in [6.45, 7) is 4.84. The summed E-state index contributed by atoms with van der Waals surface area (Å²) in [5.74, 6) is 1.21. The molecule has 0 saturated carbocycles. The molecule has 1 aromatic rings. The molecule has 0 radical (unpaired) electrons. The Morgan fingerprint density at radius 3 is 3.00 bits per heavy atom. The van der Waals surface area contributed by atoms with Crippen LogP contribution in [0.5, 0.6) is 0 Å². The normalized spacial score (nSPS) is 22.8. The SMILES string of the molecule is CCNC(=O)c1cccc(NC2CCSC2C)c1. The van der Waals surface area contributed by atoms with Gasteiger partial charge in [0.2, 0.25) is 0 Å². The van der Waals surface area contributed by atoms with E-state index in [9.17, 15) is 4.79 Å². The van der Waals surface area contributed by atoms with Gasteiger partial charge < -0.3 is 10.6 Å². The van der Waals surface area contributed by atoms with Gasteiger partial charge in [0.1, 0.15) is 0 Å². The van der Waals surface area contributed by atoms with Gasteiger partial charge >= 0.3 is 0 Å². The van der Waals surface area contributed by atoms with Crippen molar-refractivity contribution in [1.82, 2.24) is 5.32 Å². The Bertz CT molecular complexity index is 422. The highest BCUT2D eigenvalue weighted by molar-refractivity contribution is 8.00. The number of thioether (sulfide) groups is 1. The van der Waals surface area contributed by atoms with E-state index in [2.05, 4.69) is 17.6 Å². The second-order valence-electron chi connectivity index (χ2n) is 4.56. The highest BCUT2D eigenvalue weighted by Gasteiger charge is 2.23. The highest BCUT2D eigenvalue weighted by atomic mass is 32.2. The van der Waals surface area contributed by atoms with Crippen LogP contribution < -0.4 is 10.6 Å². The quantitative estimate of drug-likeness (QED) is 0.878. The first-order valence-electron chi connectivity index (χ1n) is 6.47. The third-order valence-electron chi connectivity index (χ3n) is 3.19. The van der Waals surface area contributed by atoms with Gasteiger partial charge in [-0.3, -0.25) is 4.79 Å². The number of carbonyl (C=O) groups is 1. The van der Waals surface area contributed by atoms with Crippen LogP contribution in [0, 0.1) is 0 Å². The second-order valence-corrected chi connectivity index (χ2v) is 6.04. The summed E-state index contributed by atoms with van der Waals surface area (Å²) < 4.78 is 0. The Morgan fingerprint density at radius 1 is 1.50 bits per heavy atom. The first kappa shape index (κ1) is 13.3. The summed E-state index contributed by atoms with van der Waals surface area (Å²) in [6, 6.07) is 8.25. The van der Waals surface area contributed by atoms with E-state index in [4.69, 9.17) is 0 Å². The van der Waals surface area contributed by atoms with Gasteiger partial charge in [-0.2, -0.15) is 11.8 Å². The van der Waals surface area contributed by atoms with E-state index in [0.29, 0.717) is 17.8 Å². The molecule has 1 heterocycles. The molecule has 18 heavy (non-hydrogen) atoms. The molecule has 0 bridgehead atoms. The monoisotopic (exact) mass is 264 g/mol. The summed E-state index contributed by atoms with van der Waals surface area (Å²) in [4.78, 5) is 11.8. The zero-order valence-corrected chi connectivity index (χ0v) is 11.7. The minimum atomic E-state index is -0.00463. The molecule has 1 aliphatic heterocycles. The Hall–Kier alpha value is -1.16. The molecule has 0 aromatic heterocycles. The molecule has 1 aromatic carbocycles. The summed E-state index contributed by atoms with van der Waals surface area (Å²) in [6.07, 6.45) is 1.19. The molecule has 4 heteroatoms. The van der Waals surface area contributed by atoms with Crippen LogP contribution in [0.15, 0.2) is 24.3 Å². The van der Waals surface area contributed by atoms with E-state index < -0.39 is 0 Å². The first-order valence-corrected chi connectivity index (χ1v) is 7.52. The van der Waals surface area contributed by atoms with Crippen LogP contribution in [-0.4, -0.2) is 29.5 Å². The number of hydrogen-bond acceptors (Lipinski definition) is 3. The maximum absolute atomic E-state index is 11.8. The molecule has 2 N–H and O–H groups in total. The zero-order valence-electron chi connectivity index (χ0n) is 10.9. The van der Waals surface area contributed by atoms with Gasteiger partial charge in [-0.25, -0.2) is 0 Å². The van der Waals surface area contributed by atoms with E-state index in [1.807, 2.05) is 43.0 Å². The largest absolute Gasteiger partial charge is 0.381 e. The summed E-state index contributed by atoms with van der Waals surface area (Å²) >= 11 is 2.00. The Balaban J connectivity index is 2.05. The van der Waals surface area contributed by atoms with Crippen LogP contribution in [0.3, 0.4) is 0 Å². The molecule has 98 valence electrons. The van der Waals surface area contributed by atoms with E-state index >= 15 is 0 Å². The third-order valence-corrected chi connectivity index (χ3v) is 4.52.